The first-order chi connectivity index (χ1) is 13.5. The number of urea groups is 1. The van der Waals surface area contributed by atoms with Gasteiger partial charge in [0.2, 0.25) is 0 Å². The van der Waals surface area contributed by atoms with Crippen molar-refractivity contribution in [3.63, 3.8) is 0 Å². The fourth-order valence-corrected chi connectivity index (χ4v) is 3.93. The number of aromatic amines is 1. The van der Waals surface area contributed by atoms with E-state index in [0.29, 0.717) is 6.54 Å². The van der Waals surface area contributed by atoms with Crippen LogP contribution in [0, 0.1) is 5.82 Å². The molecule has 1 atom stereocenters. The Bertz CT molecular complexity index is 1010. The van der Waals surface area contributed by atoms with Gasteiger partial charge < -0.3 is 19.9 Å². The molecule has 1 aromatic heterocycles. The number of nitrogens with one attached hydrogen (secondary N) is 2. The Labute approximate surface area is 163 Å². The highest BCUT2D eigenvalue weighted by atomic mass is 19.1. The predicted octanol–water partition coefficient (Wildman–Crippen LogP) is 4.38. The summed E-state index contributed by atoms with van der Waals surface area (Å²) >= 11 is 0. The number of methoxy groups -OCH3 is 1. The first-order valence-corrected chi connectivity index (χ1v) is 9.49. The lowest BCUT2D eigenvalue weighted by atomic mass is 9.92. The van der Waals surface area contributed by atoms with Gasteiger partial charge >= 0.3 is 6.03 Å². The van der Waals surface area contributed by atoms with Crippen LogP contribution in [0.5, 0.6) is 5.75 Å². The number of nitrogens with zero attached hydrogens (tertiary/aromatic N) is 1. The van der Waals surface area contributed by atoms with Gasteiger partial charge in [-0.25, -0.2) is 9.18 Å². The molecular formula is C22H24FN3O2. The van der Waals surface area contributed by atoms with Crippen LogP contribution >= 0.6 is 0 Å². The minimum Gasteiger partial charge on any atom is -0.497 e. The maximum atomic E-state index is 13.5. The molecular weight excluding hydrogens is 357 g/mol. The molecule has 0 bridgehead atoms. The van der Waals surface area contributed by atoms with Crippen molar-refractivity contribution in [2.75, 3.05) is 13.7 Å². The average Bonchev–Trinajstić information content (AvgIpc) is 3.05. The zero-order valence-corrected chi connectivity index (χ0v) is 16.3. The van der Waals surface area contributed by atoms with E-state index in [2.05, 4.69) is 10.3 Å². The highest BCUT2D eigenvalue weighted by Crippen LogP contribution is 2.39. The Morgan fingerprint density at radius 2 is 2.00 bits per heavy atom. The second-order valence-electron chi connectivity index (χ2n) is 7.43. The van der Waals surface area contributed by atoms with Crippen molar-refractivity contribution in [1.29, 1.82) is 0 Å². The van der Waals surface area contributed by atoms with Gasteiger partial charge in [-0.15, -0.1) is 0 Å². The number of hydrogen-bond donors (Lipinski definition) is 2. The number of hydrogen-bond acceptors (Lipinski definition) is 2. The van der Waals surface area contributed by atoms with Gasteiger partial charge in [-0.1, -0.05) is 12.1 Å². The van der Waals surface area contributed by atoms with Crippen molar-refractivity contribution in [2.45, 2.75) is 32.4 Å². The third-order valence-electron chi connectivity index (χ3n) is 5.19. The van der Waals surface area contributed by atoms with Gasteiger partial charge in [0.1, 0.15) is 11.6 Å². The van der Waals surface area contributed by atoms with E-state index in [1.807, 2.05) is 36.9 Å². The Morgan fingerprint density at radius 3 is 2.68 bits per heavy atom. The van der Waals surface area contributed by atoms with Crippen molar-refractivity contribution in [3.05, 3.63) is 65.1 Å². The number of amides is 2. The van der Waals surface area contributed by atoms with Crippen molar-refractivity contribution < 1.29 is 13.9 Å². The Balaban J connectivity index is 1.85. The summed E-state index contributed by atoms with van der Waals surface area (Å²) in [5.74, 6) is 0.506. The SMILES string of the molecule is COc1ccc2[nH]c3c(c2c1)CCN(C(=O)NC(C)C)C3c1ccc(F)cc1. The van der Waals surface area contributed by atoms with Gasteiger partial charge in [0.15, 0.2) is 0 Å². The van der Waals surface area contributed by atoms with Crippen molar-refractivity contribution >= 4 is 16.9 Å². The molecule has 2 aromatic carbocycles. The van der Waals surface area contributed by atoms with Crippen molar-refractivity contribution in [2.24, 2.45) is 0 Å². The third-order valence-corrected chi connectivity index (χ3v) is 5.19. The van der Waals surface area contributed by atoms with Gasteiger partial charge in [0.05, 0.1) is 13.2 Å². The topological polar surface area (TPSA) is 57.4 Å². The molecule has 1 unspecified atom stereocenters. The van der Waals surface area contributed by atoms with Crippen LogP contribution in [0.4, 0.5) is 9.18 Å². The maximum absolute atomic E-state index is 13.5. The summed E-state index contributed by atoms with van der Waals surface area (Å²) in [6, 6.07) is 11.9. The molecule has 0 saturated heterocycles. The van der Waals surface area contributed by atoms with E-state index in [0.717, 1.165) is 34.3 Å². The molecule has 0 fully saturated rings. The molecule has 2 heterocycles. The average molecular weight is 381 g/mol. The maximum Gasteiger partial charge on any atom is 0.318 e. The summed E-state index contributed by atoms with van der Waals surface area (Å²) in [7, 11) is 1.65. The van der Waals surface area contributed by atoms with Crippen LogP contribution in [-0.4, -0.2) is 35.6 Å². The first kappa shape index (κ1) is 18.3. The molecule has 6 heteroatoms. The normalized spacial score (nSPS) is 16.3. The number of rotatable bonds is 3. The van der Waals surface area contributed by atoms with Crippen molar-refractivity contribution in [1.82, 2.24) is 15.2 Å². The van der Waals surface area contributed by atoms with Crippen LogP contribution < -0.4 is 10.1 Å². The molecule has 146 valence electrons. The number of carbonyl (C=O) groups excluding carboxylic acids is 1. The molecule has 1 aliphatic rings. The number of fused-ring (bicyclic) bond motifs is 3. The summed E-state index contributed by atoms with van der Waals surface area (Å²) in [6.45, 7) is 4.46. The van der Waals surface area contributed by atoms with Crippen molar-refractivity contribution in [3.8, 4) is 5.75 Å². The van der Waals surface area contributed by atoms with Crippen LogP contribution in [0.15, 0.2) is 42.5 Å². The minimum atomic E-state index is -0.304. The van der Waals surface area contributed by atoms with E-state index in [9.17, 15) is 9.18 Å². The number of benzene rings is 2. The molecule has 28 heavy (non-hydrogen) atoms. The Hall–Kier alpha value is -3.02. The smallest absolute Gasteiger partial charge is 0.318 e. The Kier molecular flexibility index (Phi) is 4.71. The lowest BCUT2D eigenvalue weighted by Gasteiger charge is -2.36. The van der Waals surface area contributed by atoms with E-state index >= 15 is 0 Å². The van der Waals surface area contributed by atoms with Crippen LogP contribution in [0.25, 0.3) is 10.9 Å². The van der Waals surface area contributed by atoms with Gasteiger partial charge in [0, 0.05) is 29.2 Å². The van der Waals surface area contributed by atoms with E-state index in [4.69, 9.17) is 4.74 Å². The zero-order valence-electron chi connectivity index (χ0n) is 16.3. The first-order valence-electron chi connectivity index (χ1n) is 9.49. The summed E-state index contributed by atoms with van der Waals surface area (Å²) in [6.07, 6.45) is 0.742. The fourth-order valence-electron chi connectivity index (χ4n) is 3.93. The molecule has 0 spiro atoms. The van der Waals surface area contributed by atoms with Gasteiger partial charge in [0.25, 0.3) is 0 Å². The molecule has 4 rings (SSSR count). The Morgan fingerprint density at radius 1 is 1.25 bits per heavy atom. The van der Waals surface area contributed by atoms with E-state index in [1.54, 1.807) is 19.2 Å². The highest BCUT2D eigenvalue weighted by molar-refractivity contribution is 5.87. The van der Waals surface area contributed by atoms with Crippen LogP contribution in [0.1, 0.15) is 36.7 Å². The summed E-state index contributed by atoms with van der Waals surface area (Å²) in [5, 5.41) is 4.09. The standard InChI is InChI=1S/C22H24FN3O2/c1-13(2)24-22(27)26-11-10-17-18-12-16(28-3)8-9-19(18)25-20(17)21(26)14-4-6-15(23)7-5-14/h4-9,12-13,21,25H,10-11H2,1-3H3,(H,24,27). The third kappa shape index (κ3) is 3.19. The number of halogens is 1. The van der Waals surface area contributed by atoms with E-state index in [-0.39, 0.29) is 23.9 Å². The quantitative estimate of drug-likeness (QED) is 0.707. The molecule has 0 aliphatic carbocycles. The lowest BCUT2D eigenvalue weighted by Crippen LogP contribution is -2.47. The monoisotopic (exact) mass is 381 g/mol. The number of aromatic nitrogens is 1. The van der Waals surface area contributed by atoms with Gasteiger partial charge in [-0.2, -0.15) is 0 Å². The van der Waals surface area contributed by atoms with Crippen LogP contribution in [0.3, 0.4) is 0 Å². The molecule has 5 nitrogen and oxygen atoms in total. The number of carbonyl (C=O) groups is 1. The number of ether oxygens (including phenoxy) is 1. The second-order valence-corrected chi connectivity index (χ2v) is 7.43. The fraction of sp³-hybridized carbons (Fsp3) is 0.318. The van der Waals surface area contributed by atoms with Crippen LogP contribution in [-0.2, 0) is 6.42 Å². The molecule has 2 amide bonds. The molecule has 1 aliphatic heterocycles. The second kappa shape index (κ2) is 7.19. The zero-order chi connectivity index (χ0) is 19.8. The van der Waals surface area contributed by atoms with Crippen LogP contribution in [0.2, 0.25) is 0 Å². The molecule has 3 aromatic rings. The van der Waals surface area contributed by atoms with Gasteiger partial charge in [-0.3, -0.25) is 0 Å². The van der Waals surface area contributed by atoms with Gasteiger partial charge in [-0.05, 0) is 61.7 Å². The summed E-state index contributed by atoms with van der Waals surface area (Å²) in [4.78, 5) is 18.2. The largest absolute Gasteiger partial charge is 0.497 e. The highest BCUT2D eigenvalue weighted by Gasteiger charge is 2.34. The summed E-state index contributed by atoms with van der Waals surface area (Å²) < 4.78 is 18.9. The summed E-state index contributed by atoms with van der Waals surface area (Å²) in [5.41, 5.74) is 4.03. The predicted molar refractivity (Wildman–Crippen MR) is 107 cm³/mol. The number of H-pyrrole nitrogens is 1. The van der Waals surface area contributed by atoms with E-state index < -0.39 is 0 Å². The lowest BCUT2D eigenvalue weighted by molar-refractivity contribution is 0.177. The molecule has 2 N–H and O–H groups in total. The molecule has 0 saturated carbocycles. The van der Waals surface area contributed by atoms with E-state index in [1.165, 1.54) is 17.7 Å². The molecule has 0 radical (unpaired) electrons. The minimum absolute atomic E-state index is 0.0368.